The molecule has 0 saturated carbocycles. The van der Waals surface area contributed by atoms with Gasteiger partial charge in [-0.05, 0) is 50.6 Å². The number of aromatic amines is 1. The van der Waals surface area contributed by atoms with E-state index in [1.54, 1.807) is 18.5 Å². The third-order valence-electron chi connectivity index (χ3n) is 4.27. The van der Waals surface area contributed by atoms with Crippen molar-refractivity contribution >= 4 is 28.8 Å². The van der Waals surface area contributed by atoms with E-state index in [0.717, 1.165) is 16.9 Å². The van der Waals surface area contributed by atoms with Gasteiger partial charge in [-0.3, -0.25) is 14.7 Å². The molecule has 0 radical (unpaired) electrons. The number of anilines is 5. The average Bonchev–Trinajstić information content (AvgIpc) is 3.25. The first-order valence-corrected chi connectivity index (χ1v) is 9.38. The molecule has 152 valence electrons. The van der Waals surface area contributed by atoms with E-state index in [9.17, 15) is 9.59 Å². The van der Waals surface area contributed by atoms with Crippen LogP contribution in [-0.4, -0.2) is 25.7 Å². The van der Waals surface area contributed by atoms with Crippen molar-refractivity contribution in [3.8, 4) is 11.3 Å². The fourth-order valence-electron chi connectivity index (χ4n) is 2.90. The summed E-state index contributed by atoms with van der Waals surface area (Å²) in [6.07, 6.45) is 3.27. The molecule has 4 N–H and O–H groups in total. The quantitative estimate of drug-likeness (QED) is 0.362. The topological polar surface area (TPSA) is 125 Å². The third kappa shape index (κ3) is 4.04. The molecule has 0 aliphatic heterocycles. The Morgan fingerprint density at radius 1 is 0.867 bits per heavy atom. The van der Waals surface area contributed by atoms with E-state index >= 15 is 0 Å². The molecule has 9 nitrogen and oxygen atoms in total. The second kappa shape index (κ2) is 7.43. The molecule has 0 bridgehead atoms. The van der Waals surface area contributed by atoms with Crippen molar-refractivity contribution < 1.29 is 0 Å². The zero-order chi connectivity index (χ0) is 21.3. The van der Waals surface area contributed by atoms with E-state index < -0.39 is 10.9 Å². The van der Waals surface area contributed by atoms with Gasteiger partial charge < -0.3 is 16.0 Å². The first-order valence-electron chi connectivity index (χ1n) is 9.38. The molecule has 0 unspecified atom stereocenters. The minimum absolute atomic E-state index is 0.212. The van der Waals surface area contributed by atoms with Gasteiger partial charge in [-0.2, -0.15) is 10.1 Å². The number of rotatable bonds is 6. The molecule has 9 heteroatoms. The molecule has 0 fully saturated rings. The number of benzene rings is 1. The molecule has 2 aromatic heterocycles. The highest BCUT2D eigenvalue weighted by Gasteiger charge is 2.25. The van der Waals surface area contributed by atoms with Crippen LogP contribution in [0.25, 0.3) is 11.3 Å². The summed E-state index contributed by atoms with van der Waals surface area (Å²) in [5, 5.41) is 16.0. The van der Waals surface area contributed by atoms with E-state index in [0.29, 0.717) is 11.8 Å². The van der Waals surface area contributed by atoms with Gasteiger partial charge in [0.15, 0.2) is 0 Å². The molecule has 2 aromatic carbocycles. The summed E-state index contributed by atoms with van der Waals surface area (Å²) < 4.78 is 0. The fraction of sp³-hybridized carbons (Fsp3) is 0.190. The number of nitrogens with one attached hydrogen (secondary N) is 4. The average molecular weight is 403 g/mol. The van der Waals surface area contributed by atoms with Crippen LogP contribution in [0.1, 0.15) is 20.8 Å². The van der Waals surface area contributed by atoms with Gasteiger partial charge in [0, 0.05) is 23.6 Å². The normalized spacial score (nSPS) is 11.4. The van der Waals surface area contributed by atoms with Crippen LogP contribution in [0.3, 0.4) is 0 Å². The summed E-state index contributed by atoms with van der Waals surface area (Å²) in [5.41, 5.74) is 1.78. The first-order chi connectivity index (χ1) is 14.3. The molecule has 0 saturated heterocycles. The highest BCUT2D eigenvalue weighted by molar-refractivity contribution is 5.78. The Labute approximate surface area is 172 Å². The molecule has 4 rings (SSSR count). The fourth-order valence-corrected chi connectivity index (χ4v) is 2.90. The molecule has 4 aromatic rings. The highest BCUT2D eigenvalue weighted by atomic mass is 16.2. The van der Waals surface area contributed by atoms with Crippen LogP contribution >= 0.6 is 0 Å². The Kier molecular flexibility index (Phi) is 4.78. The summed E-state index contributed by atoms with van der Waals surface area (Å²) in [6.45, 7) is 5.74. The first kappa shape index (κ1) is 19.3. The van der Waals surface area contributed by atoms with Crippen molar-refractivity contribution in [3.05, 3.63) is 69.2 Å². The van der Waals surface area contributed by atoms with E-state index in [2.05, 4.69) is 36.1 Å². The van der Waals surface area contributed by atoms with Crippen LogP contribution in [0.4, 0.5) is 28.8 Å². The number of nitrogens with zero attached hydrogens (tertiary/aromatic N) is 3. The van der Waals surface area contributed by atoms with Crippen molar-refractivity contribution in [2.45, 2.75) is 26.3 Å². The lowest BCUT2D eigenvalue weighted by atomic mass is 10.1. The van der Waals surface area contributed by atoms with E-state index in [-0.39, 0.29) is 16.9 Å². The van der Waals surface area contributed by atoms with Crippen LogP contribution in [0, 0.1) is 0 Å². The molecular weight excluding hydrogens is 382 g/mol. The Morgan fingerprint density at radius 3 is 2.27 bits per heavy atom. The maximum absolute atomic E-state index is 12.0. The van der Waals surface area contributed by atoms with E-state index in [1.807, 2.05) is 51.1 Å². The summed E-state index contributed by atoms with van der Waals surface area (Å²) in [5.74, 6) is 0.768. The van der Waals surface area contributed by atoms with Gasteiger partial charge in [-0.15, -0.1) is 0 Å². The molecule has 0 spiro atoms. The van der Waals surface area contributed by atoms with Crippen LogP contribution in [0.15, 0.2) is 58.4 Å². The van der Waals surface area contributed by atoms with Gasteiger partial charge >= 0.3 is 0 Å². The molecule has 30 heavy (non-hydrogen) atoms. The minimum Gasteiger partial charge on any atom is -0.375 e. The lowest BCUT2D eigenvalue weighted by Crippen LogP contribution is -2.41. The Bertz CT molecular complexity index is 1230. The minimum atomic E-state index is -0.565. The van der Waals surface area contributed by atoms with Crippen molar-refractivity contribution in [1.82, 2.24) is 20.2 Å². The van der Waals surface area contributed by atoms with Crippen LogP contribution in [0.5, 0.6) is 0 Å². The molecule has 0 atom stereocenters. The maximum Gasteiger partial charge on any atom is 0.253 e. The smallest absolute Gasteiger partial charge is 0.253 e. The SMILES string of the molecule is CC(C)(C)Nc1c(Nc2ccnc(Nc3ccc(-c4ccn[nH]4)cc3)n2)c(=O)c1=O. The Balaban J connectivity index is 1.50. The van der Waals surface area contributed by atoms with Crippen LogP contribution in [0.2, 0.25) is 0 Å². The predicted molar refractivity (Wildman–Crippen MR) is 117 cm³/mol. The summed E-state index contributed by atoms with van der Waals surface area (Å²) in [6, 6.07) is 11.2. The van der Waals surface area contributed by atoms with Gasteiger partial charge in [0.1, 0.15) is 17.2 Å². The van der Waals surface area contributed by atoms with Gasteiger partial charge in [0.05, 0.1) is 5.69 Å². The lowest BCUT2D eigenvalue weighted by Gasteiger charge is -2.24. The standard InChI is InChI=1S/C21H21N7O2/c1-21(2,3)27-17-16(18(29)19(17)30)25-15-9-10-22-20(26-15)24-13-6-4-12(5-7-13)14-8-11-23-28-14/h4-11,27H,1-3H3,(H,23,28)(H2,22,24,25,26). The van der Waals surface area contributed by atoms with Gasteiger partial charge in [0.2, 0.25) is 5.95 Å². The zero-order valence-corrected chi connectivity index (χ0v) is 16.8. The number of aromatic nitrogens is 4. The second-order valence-corrected chi connectivity index (χ2v) is 7.85. The van der Waals surface area contributed by atoms with Crippen molar-refractivity contribution in [2.24, 2.45) is 0 Å². The molecular formula is C21H21N7O2. The largest absolute Gasteiger partial charge is 0.375 e. The number of hydrogen-bond acceptors (Lipinski definition) is 8. The number of H-pyrrole nitrogens is 1. The summed E-state index contributed by atoms with van der Waals surface area (Å²) >= 11 is 0. The second-order valence-electron chi connectivity index (χ2n) is 7.85. The zero-order valence-electron chi connectivity index (χ0n) is 16.8. The Morgan fingerprint density at radius 2 is 1.60 bits per heavy atom. The van der Waals surface area contributed by atoms with Crippen molar-refractivity contribution in [3.63, 3.8) is 0 Å². The molecule has 2 heterocycles. The van der Waals surface area contributed by atoms with Crippen molar-refractivity contribution in [2.75, 3.05) is 16.0 Å². The molecule has 0 amide bonds. The monoisotopic (exact) mass is 403 g/mol. The van der Waals surface area contributed by atoms with Gasteiger partial charge in [0.25, 0.3) is 10.9 Å². The highest BCUT2D eigenvalue weighted by Crippen LogP contribution is 2.24. The van der Waals surface area contributed by atoms with E-state index in [1.165, 1.54) is 0 Å². The van der Waals surface area contributed by atoms with Crippen LogP contribution in [-0.2, 0) is 0 Å². The van der Waals surface area contributed by atoms with Crippen LogP contribution < -0.4 is 26.8 Å². The predicted octanol–water partition coefficient (Wildman–Crippen LogP) is 3.16. The summed E-state index contributed by atoms with van der Waals surface area (Å²) in [4.78, 5) is 32.5. The lowest BCUT2D eigenvalue weighted by molar-refractivity contribution is 0.632. The number of hydrogen-bond donors (Lipinski definition) is 4. The third-order valence-corrected chi connectivity index (χ3v) is 4.27. The van der Waals surface area contributed by atoms with Gasteiger partial charge in [-0.1, -0.05) is 12.1 Å². The Hall–Kier alpha value is -4.01. The molecule has 0 aliphatic rings. The maximum atomic E-state index is 12.0. The molecule has 0 aliphatic carbocycles. The summed E-state index contributed by atoms with van der Waals surface area (Å²) in [7, 11) is 0. The van der Waals surface area contributed by atoms with Crippen molar-refractivity contribution in [1.29, 1.82) is 0 Å². The van der Waals surface area contributed by atoms with Gasteiger partial charge in [-0.25, -0.2) is 4.98 Å². The van der Waals surface area contributed by atoms with E-state index in [4.69, 9.17) is 0 Å².